The summed E-state index contributed by atoms with van der Waals surface area (Å²) in [6.07, 6.45) is 31.8. The molecule has 0 radical (unpaired) electrons. The summed E-state index contributed by atoms with van der Waals surface area (Å²) in [7, 11) is 5.34. The van der Waals surface area contributed by atoms with Crippen LogP contribution in [0.5, 0.6) is 0 Å². The van der Waals surface area contributed by atoms with E-state index in [0.717, 1.165) is 51.4 Å². The number of hydrogen-bond acceptors (Lipinski definition) is 7. The molecule has 0 spiro atoms. The summed E-state index contributed by atoms with van der Waals surface area (Å²) in [6.45, 7) is 3.53. The van der Waals surface area contributed by atoms with Crippen LogP contribution in [0, 0.1) is 0 Å². The quantitative estimate of drug-likeness (QED) is 0.0432. The van der Waals surface area contributed by atoms with Gasteiger partial charge in [-0.3, -0.25) is 9.59 Å². The van der Waals surface area contributed by atoms with Crippen LogP contribution in [-0.4, -0.2) is 75.5 Å². The van der Waals surface area contributed by atoms with Crippen LogP contribution >= 0.6 is 0 Å². The Morgan fingerprint density at radius 2 is 1.25 bits per heavy atom. The number of allylic oxidation sites excluding steroid dienone is 8. The van der Waals surface area contributed by atoms with Crippen LogP contribution in [0.25, 0.3) is 0 Å². The molecule has 2 atom stereocenters. The predicted octanol–water partition coefficient (Wildman–Crippen LogP) is 6.40. The molecule has 8 heteroatoms. The average molecular weight is 620 g/mol. The lowest BCUT2D eigenvalue weighted by Gasteiger charge is -2.34. The van der Waals surface area contributed by atoms with Gasteiger partial charge in [0.2, 0.25) is 0 Å². The van der Waals surface area contributed by atoms with E-state index in [-0.39, 0.29) is 36.7 Å². The lowest BCUT2D eigenvalue weighted by atomic mass is 10.1. The van der Waals surface area contributed by atoms with Gasteiger partial charge in [0.25, 0.3) is 0 Å². The van der Waals surface area contributed by atoms with Crippen LogP contribution in [0.2, 0.25) is 0 Å². The van der Waals surface area contributed by atoms with Gasteiger partial charge in [-0.2, -0.15) is 0 Å². The van der Waals surface area contributed by atoms with E-state index >= 15 is 0 Å². The average Bonchev–Trinajstić information content (AvgIpc) is 2.95. The van der Waals surface area contributed by atoms with Gasteiger partial charge in [-0.15, -0.1) is 0 Å². The van der Waals surface area contributed by atoms with Crippen molar-refractivity contribution in [1.82, 2.24) is 0 Å². The number of carbonyl (C=O) groups is 3. The summed E-state index contributed by atoms with van der Waals surface area (Å²) in [6, 6.07) is -0.722. The van der Waals surface area contributed by atoms with Crippen molar-refractivity contribution in [3.8, 4) is 0 Å². The number of hydrogen-bond donors (Lipinski definition) is 0. The van der Waals surface area contributed by atoms with Crippen molar-refractivity contribution in [1.29, 1.82) is 0 Å². The fourth-order valence-corrected chi connectivity index (χ4v) is 4.49. The van der Waals surface area contributed by atoms with E-state index in [1.165, 1.54) is 39.0 Å². The lowest BCUT2D eigenvalue weighted by molar-refractivity contribution is -0.889. The molecular weight excluding hydrogens is 558 g/mol. The normalized spacial score (nSPS) is 13.8. The lowest BCUT2D eigenvalue weighted by Crippen LogP contribution is -2.55. The first-order valence-electron chi connectivity index (χ1n) is 16.6. The molecule has 0 heterocycles. The maximum Gasteiger partial charge on any atom is 0.306 e. The molecule has 0 aliphatic heterocycles. The number of carboxylic acids is 1. The van der Waals surface area contributed by atoms with Gasteiger partial charge in [0.15, 0.2) is 6.10 Å². The van der Waals surface area contributed by atoms with E-state index in [0.29, 0.717) is 6.42 Å². The number of rotatable bonds is 28. The standard InChI is InChI=1S/C36H61NO7/c1-6-7-8-9-10-11-12-13-14-15-16-17-18-19-20-21-22-23-24-25-26-27-35(39)44-33(31-43-32(2)38)30-42-29-28-34(36(40)41)37(3,4)5/h7-8,10-11,13-14,16-17,33-34H,6,9,12,15,18-31H2,1-5H3/b8-7-,11-10-,14-13-,17-16-. The number of ether oxygens (including phenoxy) is 3. The molecule has 0 fully saturated rings. The fraction of sp³-hybridized carbons (Fsp3) is 0.694. The maximum absolute atomic E-state index is 12.3. The number of aliphatic carboxylic acids is 1. The Labute approximate surface area is 267 Å². The second-order valence-corrected chi connectivity index (χ2v) is 12.1. The van der Waals surface area contributed by atoms with Crippen LogP contribution in [0.4, 0.5) is 0 Å². The van der Waals surface area contributed by atoms with E-state index in [1.54, 1.807) is 21.1 Å². The van der Waals surface area contributed by atoms with E-state index in [9.17, 15) is 19.5 Å². The topological polar surface area (TPSA) is 102 Å². The number of nitrogens with zero attached hydrogens (tertiary/aromatic N) is 1. The summed E-state index contributed by atoms with van der Waals surface area (Å²) in [5, 5.41) is 11.4. The minimum atomic E-state index is -1.14. The third-order valence-corrected chi connectivity index (χ3v) is 7.04. The molecule has 8 nitrogen and oxygen atoms in total. The molecule has 44 heavy (non-hydrogen) atoms. The number of carboxylic acid groups (broad SMARTS) is 1. The van der Waals surface area contributed by atoms with Crippen molar-refractivity contribution in [3.05, 3.63) is 48.6 Å². The zero-order valence-corrected chi connectivity index (χ0v) is 28.3. The van der Waals surface area contributed by atoms with Gasteiger partial charge in [-0.05, 0) is 44.9 Å². The molecule has 0 aromatic rings. The highest BCUT2D eigenvalue weighted by molar-refractivity contribution is 5.70. The second-order valence-electron chi connectivity index (χ2n) is 12.1. The molecule has 0 saturated carbocycles. The largest absolute Gasteiger partial charge is 0.544 e. The Bertz CT molecular complexity index is 870. The highest BCUT2D eigenvalue weighted by Gasteiger charge is 2.25. The van der Waals surface area contributed by atoms with Crippen LogP contribution < -0.4 is 5.11 Å². The van der Waals surface area contributed by atoms with Crippen molar-refractivity contribution in [2.24, 2.45) is 0 Å². The molecule has 0 aliphatic carbocycles. The van der Waals surface area contributed by atoms with Crippen molar-refractivity contribution < 1.29 is 38.2 Å². The van der Waals surface area contributed by atoms with E-state index in [1.807, 2.05) is 0 Å². The first-order valence-corrected chi connectivity index (χ1v) is 16.6. The number of carbonyl (C=O) groups excluding carboxylic acids is 3. The Morgan fingerprint density at radius 3 is 1.77 bits per heavy atom. The van der Waals surface area contributed by atoms with E-state index in [4.69, 9.17) is 14.2 Å². The highest BCUT2D eigenvalue weighted by Crippen LogP contribution is 2.12. The van der Waals surface area contributed by atoms with Gasteiger partial charge < -0.3 is 28.6 Å². The summed E-state index contributed by atoms with van der Waals surface area (Å²) < 4.78 is 16.3. The van der Waals surface area contributed by atoms with Crippen LogP contribution in [-0.2, 0) is 28.6 Å². The van der Waals surface area contributed by atoms with Gasteiger partial charge in [0, 0.05) is 19.8 Å². The van der Waals surface area contributed by atoms with Gasteiger partial charge >= 0.3 is 11.9 Å². The van der Waals surface area contributed by atoms with Gasteiger partial charge in [-0.1, -0.05) is 94.1 Å². The maximum atomic E-state index is 12.3. The zero-order valence-electron chi connectivity index (χ0n) is 28.3. The van der Waals surface area contributed by atoms with Crippen LogP contribution in [0.3, 0.4) is 0 Å². The second kappa shape index (κ2) is 27.8. The van der Waals surface area contributed by atoms with Crippen LogP contribution in [0.1, 0.15) is 110 Å². The summed E-state index contributed by atoms with van der Waals surface area (Å²) >= 11 is 0. The molecule has 0 rings (SSSR count). The molecule has 2 unspecified atom stereocenters. The molecule has 0 N–H and O–H groups in total. The van der Waals surface area contributed by atoms with Gasteiger partial charge in [0.05, 0.1) is 40.3 Å². The first-order chi connectivity index (χ1) is 21.1. The molecule has 0 aromatic heterocycles. The highest BCUT2D eigenvalue weighted by atomic mass is 16.6. The van der Waals surface area contributed by atoms with Gasteiger partial charge in [-0.25, -0.2) is 0 Å². The van der Waals surface area contributed by atoms with Crippen molar-refractivity contribution in [2.45, 2.75) is 122 Å². The monoisotopic (exact) mass is 619 g/mol. The number of quaternary nitrogens is 1. The third kappa shape index (κ3) is 26.9. The minimum absolute atomic E-state index is 0.0260. The molecule has 0 bridgehead atoms. The van der Waals surface area contributed by atoms with E-state index in [2.05, 4.69) is 55.5 Å². The van der Waals surface area contributed by atoms with Crippen molar-refractivity contribution in [3.63, 3.8) is 0 Å². The summed E-state index contributed by atoms with van der Waals surface area (Å²) in [5.41, 5.74) is 0. The van der Waals surface area contributed by atoms with Crippen molar-refractivity contribution in [2.75, 3.05) is 41.0 Å². The molecule has 0 amide bonds. The molecule has 0 saturated heterocycles. The SMILES string of the molecule is CC/C=C\C/C=C\C/C=C\C/C=C\CCCCCCCCCCC(=O)OC(COCCC(C(=O)[O-])[N+](C)(C)C)COC(C)=O. The van der Waals surface area contributed by atoms with E-state index < -0.39 is 24.1 Å². The Hall–Kier alpha value is -2.71. The third-order valence-electron chi connectivity index (χ3n) is 7.04. The number of esters is 2. The van der Waals surface area contributed by atoms with Gasteiger partial charge in [0.1, 0.15) is 12.6 Å². The number of likely N-dealkylation sites (N-methyl/N-ethyl adjacent to an activating group) is 1. The fourth-order valence-electron chi connectivity index (χ4n) is 4.49. The summed E-state index contributed by atoms with van der Waals surface area (Å²) in [5.74, 6) is -1.95. The molecular formula is C36H61NO7. The molecule has 0 aromatic carbocycles. The van der Waals surface area contributed by atoms with Crippen LogP contribution in [0.15, 0.2) is 48.6 Å². The van der Waals surface area contributed by atoms with Crippen molar-refractivity contribution >= 4 is 17.9 Å². The first kappa shape index (κ1) is 41.3. The molecule has 252 valence electrons. The number of unbranched alkanes of at least 4 members (excludes halogenated alkanes) is 8. The minimum Gasteiger partial charge on any atom is -0.544 e. The Balaban J connectivity index is 3.92. The smallest absolute Gasteiger partial charge is 0.306 e. The zero-order chi connectivity index (χ0) is 32.9. The Kier molecular flexibility index (Phi) is 26.1. The Morgan fingerprint density at radius 1 is 0.727 bits per heavy atom. The summed E-state index contributed by atoms with van der Waals surface area (Å²) in [4.78, 5) is 35.0. The predicted molar refractivity (Wildman–Crippen MR) is 176 cm³/mol. The molecule has 0 aliphatic rings.